The maximum Gasteiger partial charge on any atom is 0.226 e. The maximum atomic E-state index is 14.8. The molecule has 1 saturated carbocycles. The number of benzene rings is 1. The van der Waals surface area contributed by atoms with Crippen LogP contribution in [-0.4, -0.2) is 52.2 Å². The summed E-state index contributed by atoms with van der Waals surface area (Å²) >= 11 is 0. The summed E-state index contributed by atoms with van der Waals surface area (Å²) in [5.41, 5.74) is 3.76. The number of Topliss-reactive ketones (excluding diaryl/α,β-unsaturated/α-hetero) is 1. The van der Waals surface area contributed by atoms with Gasteiger partial charge < -0.3 is 4.90 Å². The lowest BCUT2D eigenvalue weighted by atomic mass is 9.95. The highest BCUT2D eigenvalue weighted by atomic mass is 19.1. The van der Waals surface area contributed by atoms with Crippen molar-refractivity contribution in [1.29, 1.82) is 0 Å². The summed E-state index contributed by atoms with van der Waals surface area (Å²) in [4.78, 5) is 34.1. The first-order valence-electron chi connectivity index (χ1n) is 12.1. The number of piperazine rings is 1. The number of halogens is 1. The Balaban J connectivity index is 1.42. The minimum Gasteiger partial charge on any atom is -0.337 e. The van der Waals surface area contributed by atoms with Gasteiger partial charge in [0, 0.05) is 67.6 Å². The van der Waals surface area contributed by atoms with Gasteiger partial charge in [-0.25, -0.2) is 4.39 Å². The van der Waals surface area contributed by atoms with Gasteiger partial charge in [-0.1, -0.05) is 18.9 Å². The molecule has 1 aliphatic heterocycles. The Kier molecular flexibility index (Phi) is 7.23. The van der Waals surface area contributed by atoms with Crippen molar-refractivity contribution in [2.75, 3.05) is 19.6 Å². The molecule has 2 aromatic rings. The van der Waals surface area contributed by atoms with Gasteiger partial charge in [0.1, 0.15) is 5.82 Å². The summed E-state index contributed by atoms with van der Waals surface area (Å²) in [7, 11) is 0. The van der Waals surface area contributed by atoms with Crippen molar-refractivity contribution >= 4 is 11.7 Å². The number of carbonyl (C=O) groups excluding carboxylic acids is 2. The van der Waals surface area contributed by atoms with Crippen LogP contribution in [0.5, 0.6) is 0 Å². The number of pyridine rings is 1. The summed E-state index contributed by atoms with van der Waals surface area (Å²) in [5.74, 6) is 0.235. The third-order valence-electron chi connectivity index (χ3n) is 7.32. The standard InChI is InChI=1S/C27H34FN3O2/c1-18-8-9-23(15-29-18)26(32)14-22-10-11-25(28)24(20(22)3)17-30-12-13-31(19(2)16-30)27(33)21-6-4-5-7-21/h8-11,15,19,21H,4-7,12-14,16-17H2,1-3H3/t19-/m0/s1. The van der Waals surface area contributed by atoms with Gasteiger partial charge in [-0.2, -0.15) is 0 Å². The lowest BCUT2D eigenvalue weighted by Gasteiger charge is -2.41. The molecule has 33 heavy (non-hydrogen) atoms. The number of rotatable bonds is 6. The smallest absolute Gasteiger partial charge is 0.226 e. The van der Waals surface area contributed by atoms with Gasteiger partial charge in [0.2, 0.25) is 5.91 Å². The number of aromatic nitrogens is 1. The Hall–Kier alpha value is -2.60. The molecule has 2 heterocycles. The van der Waals surface area contributed by atoms with E-state index in [9.17, 15) is 14.0 Å². The van der Waals surface area contributed by atoms with Crippen molar-refractivity contribution in [1.82, 2.24) is 14.8 Å². The summed E-state index contributed by atoms with van der Waals surface area (Å²) in [6.45, 7) is 8.52. The molecule has 0 N–H and O–H groups in total. The third-order valence-corrected chi connectivity index (χ3v) is 7.32. The molecule has 1 atom stereocenters. The summed E-state index contributed by atoms with van der Waals surface area (Å²) < 4.78 is 14.8. The normalized spacial score (nSPS) is 19.8. The molecule has 2 fully saturated rings. The van der Waals surface area contributed by atoms with Crippen LogP contribution in [0.2, 0.25) is 0 Å². The number of carbonyl (C=O) groups is 2. The van der Waals surface area contributed by atoms with Gasteiger partial charge in [0.15, 0.2) is 5.78 Å². The van der Waals surface area contributed by atoms with Gasteiger partial charge in [-0.15, -0.1) is 0 Å². The average molecular weight is 452 g/mol. The first-order chi connectivity index (χ1) is 15.8. The zero-order chi connectivity index (χ0) is 23.5. The van der Waals surface area contributed by atoms with Crippen LogP contribution in [-0.2, 0) is 17.8 Å². The molecule has 0 radical (unpaired) electrons. The predicted molar refractivity (Wildman–Crippen MR) is 127 cm³/mol. The molecular formula is C27H34FN3O2. The molecule has 1 aliphatic carbocycles. The highest BCUT2D eigenvalue weighted by Gasteiger charge is 2.33. The maximum absolute atomic E-state index is 14.8. The quantitative estimate of drug-likeness (QED) is 0.608. The van der Waals surface area contributed by atoms with Gasteiger partial charge in [0.25, 0.3) is 0 Å². The number of aryl methyl sites for hydroxylation is 1. The molecule has 1 amide bonds. The highest BCUT2D eigenvalue weighted by molar-refractivity contribution is 5.97. The zero-order valence-corrected chi connectivity index (χ0v) is 19.9. The van der Waals surface area contributed by atoms with Crippen LogP contribution in [0, 0.1) is 25.6 Å². The van der Waals surface area contributed by atoms with Crippen LogP contribution < -0.4 is 0 Å². The van der Waals surface area contributed by atoms with Crippen LogP contribution in [0.15, 0.2) is 30.5 Å². The fourth-order valence-corrected chi connectivity index (χ4v) is 5.20. The summed E-state index contributed by atoms with van der Waals surface area (Å²) in [6, 6.07) is 6.93. The molecule has 0 bridgehead atoms. The summed E-state index contributed by atoms with van der Waals surface area (Å²) in [5, 5.41) is 0. The molecule has 176 valence electrons. The van der Waals surface area contributed by atoms with Gasteiger partial charge >= 0.3 is 0 Å². The molecule has 6 heteroatoms. The minimum atomic E-state index is -0.238. The Bertz CT molecular complexity index is 1010. The average Bonchev–Trinajstić information content (AvgIpc) is 3.34. The Labute approximate surface area is 196 Å². The van der Waals surface area contributed by atoms with Crippen LogP contribution in [0.3, 0.4) is 0 Å². The molecule has 2 aliphatic rings. The third kappa shape index (κ3) is 5.32. The van der Waals surface area contributed by atoms with E-state index in [1.807, 2.05) is 24.8 Å². The van der Waals surface area contributed by atoms with Crippen LogP contribution in [0.25, 0.3) is 0 Å². The van der Waals surface area contributed by atoms with Crippen LogP contribution in [0.1, 0.15) is 65.3 Å². The molecule has 1 saturated heterocycles. The van der Waals surface area contributed by atoms with E-state index in [0.717, 1.165) is 55.6 Å². The number of nitrogens with zero attached hydrogens (tertiary/aromatic N) is 3. The lowest BCUT2D eigenvalue weighted by Crippen LogP contribution is -2.54. The molecule has 5 nitrogen and oxygen atoms in total. The number of ketones is 1. The molecule has 1 aromatic carbocycles. The topological polar surface area (TPSA) is 53.5 Å². The van der Waals surface area contributed by atoms with Crippen molar-refractivity contribution in [3.63, 3.8) is 0 Å². The van der Waals surface area contributed by atoms with Crippen molar-refractivity contribution in [3.05, 3.63) is 64.2 Å². The Morgan fingerprint density at radius 1 is 1.09 bits per heavy atom. The van der Waals surface area contributed by atoms with Crippen molar-refractivity contribution < 1.29 is 14.0 Å². The Morgan fingerprint density at radius 2 is 1.85 bits per heavy atom. The van der Waals surface area contributed by atoms with Gasteiger partial charge in [0.05, 0.1) is 0 Å². The van der Waals surface area contributed by atoms with E-state index in [1.165, 1.54) is 6.07 Å². The molecule has 1 aromatic heterocycles. The largest absolute Gasteiger partial charge is 0.337 e. The lowest BCUT2D eigenvalue weighted by molar-refractivity contribution is -0.140. The SMILES string of the molecule is Cc1ccc(C(=O)Cc2ccc(F)c(CN3CCN(C(=O)C4CCCC4)[C@@H](C)C3)c2C)cn1. The van der Waals surface area contributed by atoms with Gasteiger partial charge in [-0.05, 0) is 62.9 Å². The number of amides is 1. The number of hydrogen-bond acceptors (Lipinski definition) is 4. The molecule has 0 spiro atoms. The van der Waals surface area contributed by atoms with E-state index in [-0.39, 0.29) is 30.0 Å². The van der Waals surface area contributed by atoms with E-state index in [0.29, 0.717) is 30.1 Å². The monoisotopic (exact) mass is 451 g/mol. The second-order valence-corrected chi connectivity index (χ2v) is 9.70. The fraction of sp³-hybridized carbons (Fsp3) is 0.519. The van der Waals surface area contributed by atoms with E-state index in [1.54, 1.807) is 18.3 Å². The van der Waals surface area contributed by atoms with E-state index < -0.39 is 0 Å². The molecular weight excluding hydrogens is 417 g/mol. The van der Waals surface area contributed by atoms with Crippen molar-refractivity contribution in [3.8, 4) is 0 Å². The van der Waals surface area contributed by atoms with E-state index >= 15 is 0 Å². The van der Waals surface area contributed by atoms with Gasteiger partial charge in [-0.3, -0.25) is 19.5 Å². The zero-order valence-electron chi connectivity index (χ0n) is 19.9. The van der Waals surface area contributed by atoms with Crippen molar-refractivity contribution in [2.24, 2.45) is 5.92 Å². The van der Waals surface area contributed by atoms with E-state index in [4.69, 9.17) is 0 Å². The van der Waals surface area contributed by atoms with Crippen molar-refractivity contribution in [2.45, 2.75) is 65.5 Å². The first-order valence-corrected chi connectivity index (χ1v) is 12.1. The second kappa shape index (κ2) is 10.1. The predicted octanol–water partition coefficient (Wildman–Crippen LogP) is 4.49. The fourth-order valence-electron chi connectivity index (χ4n) is 5.20. The summed E-state index contributed by atoms with van der Waals surface area (Å²) in [6.07, 6.45) is 6.17. The molecule has 0 unspecified atom stereocenters. The molecule has 4 rings (SSSR count). The second-order valence-electron chi connectivity index (χ2n) is 9.70. The minimum absolute atomic E-state index is 0.0178. The highest BCUT2D eigenvalue weighted by Crippen LogP contribution is 2.29. The first kappa shape index (κ1) is 23.6. The van der Waals surface area contributed by atoms with Crippen LogP contribution in [0.4, 0.5) is 4.39 Å². The number of hydrogen-bond donors (Lipinski definition) is 0. The van der Waals surface area contributed by atoms with Crippen LogP contribution >= 0.6 is 0 Å². The Morgan fingerprint density at radius 3 is 2.52 bits per heavy atom. The van der Waals surface area contributed by atoms with E-state index in [2.05, 4.69) is 16.8 Å².